The van der Waals surface area contributed by atoms with E-state index in [9.17, 15) is 13.2 Å². The number of halogens is 3. The fourth-order valence-corrected chi connectivity index (χ4v) is 2.36. The first-order valence-electron chi connectivity index (χ1n) is 5.50. The van der Waals surface area contributed by atoms with Crippen molar-refractivity contribution in [1.29, 1.82) is 5.41 Å². The molecule has 0 amide bonds. The van der Waals surface area contributed by atoms with Crippen LogP contribution in [0.4, 0.5) is 13.2 Å². The number of amidine groups is 1. The Morgan fingerprint density at radius 2 is 1.89 bits per heavy atom. The van der Waals surface area contributed by atoms with Gasteiger partial charge in [-0.2, -0.15) is 13.2 Å². The summed E-state index contributed by atoms with van der Waals surface area (Å²) in [5, 5.41) is 7.04. The molecule has 1 N–H and O–H groups in total. The van der Waals surface area contributed by atoms with Crippen LogP contribution in [0, 0.1) is 5.41 Å². The Morgan fingerprint density at radius 3 is 2.42 bits per heavy atom. The van der Waals surface area contributed by atoms with Crippen LogP contribution in [-0.2, 0) is 0 Å². The molecule has 0 atom stereocenters. The van der Waals surface area contributed by atoms with Crippen LogP contribution in [0.15, 0.2) is 58.5 Å². The molecule has 2 nitrogen and oxygen atoms in total. The maximum atomic E-state index is 12.4. The van der Waals surface area contributed by atoms with Crippen LogP contribution in [0.2, 0.25) is 0 Å². The fourth-order valence-electron chi connectivity index (χ4n) is 1.51. The van der Waals surface area contributed by atoms with E-state index in [2.05, 4.69) is 0 Å². The van der Waals surface area contributed by atoms with Gasteiger partial charge in [0.1, 0.15) is 0 Å². The highest BCUT2D eigenvalue weighted by Crippen LogP contribution is 2.29. The molecule has 1 aliphatic rings. The molecule has 0 fully saturated rings. The monoisotopic (exact) mass is 284 g/mol. The first-order chi connectivity index (χ1) is 8.97. The van der Waals surface area contributed by atoms with E-state index < -0.39 is 12.0 Å². The lowest BCUT2D eigenvalue weighted by molar-refractivity contribution is -0.0675. The smallest absolute Gasteiger partial charge is 0.325 e. The molecule has 0 saturated carbocycles. The van der Waals surface area contributed by atoms with Gasteiger partial charge in [0, 0.05) is 22.5 Å². The minimum Gasteiger partial charge on any atom is -0.325 e. The largest absolute Gasteiger partial charge is 0.449 e. The number of allylic oxidation sites excluding steroid dienone is 1. The Morgan fingerprint density at radius 1 is 1.21 bits per heavy atom. The Kier molecular flexibility index (Phi) is 3.99. The van der Waals surface area contributed by atoms with Gasteiger partial charge >= 0.3 is 6.18 Å². The number of thioether (sulfide) groups is 1. The molecule has 0 aromatic heterocycles. The summed E-state index contributed by atoms with van der Waals surface area (Å²) in [6.07, 6.45) is -0.0528. The predicted octanol–water partition coefficient (Wildman–Crippen LogP) is 4.03. The normalized spacial score (nSPS) is 15.3. The van der Waals surface area contributed by atoms with Crippen molar-refractivity contribution >= 4 is 17.6 Å². The van der Waals surface area contributed by atoms with Crippen LogP contribution < -0.4 is 0 Å². The average Bonchev–Trinajstić information content (AvgIpc) is 2.39. The Hall–Kier alpha value is -1.69. The van der Waals surface area contributed by atoms with Crippen molar-refractivity contribution in [3.05, 3.63) is 53.6 Å². The molecule has 2 rings (SSSR count). The van der Waals surface area contributed by atoms with E-state index in [1.807, 2.05) is 30.3 Å². The van der Waals surface area contributed by atoms with E-state index >= 15 is 0 Å². The second-order valence-electron chi connectivity index (χ2n) is 3.84. The predicted molar refractivity (Wildman–Crippen MR) is 70.0 cm³/mol. The van der Waals surface area contributed by atoms with Gasteiger partial charge < -0.3 is 4.90 Å². The van der Waals surface area contributed by atoms with E-state index in [0.29, 0.717) is 0 Å². The maximum absolute atomic E-state index is 12.4. The summed E-state index contributed by atoms with van der Waals surface area (Å²) in [4.78, 5) is 2.77. The number of nitrogens with zero attached hydrogens (tertiary/aromatic N) is 1. The van der Waals surface area contributed by atoms with Crippen molar-refractivity contribution < 1.29 is 13.2 Å². The lowest BCUT2D eigenvalue weighted by Gasteiger charge is -2.24. The highest BCUT2D eigenvalue weighted by molar-refractivity contribution is 8.03. The molecular formula is C13H11F3N2S. The van der Waals surface area contributed by atoms with Gasteiger partial charge in [0.25, 0.3) is 0 Å². The quantitative estimate of drug-likeness (QED) is 0.655. The molecule has 1 heterocycles. The molecule has 1 aromatic rings. The summed E-state index contributed by atoms with van der Waals surface area (Å²) in [6, 6.07) is 9.58. The molecule has 19 heavy (non-hydrogen) atoms. The molecule has 0 radical (unpaired) electrons. The van der Waals surface area contributed by atoms with Gasteiger partial charge in [-0.3, -0.25) is 5.41 Å². The minimum absolute atomic E-state index is 0.0595. The van der Waals surface area contributed by atoms with Gasteiger partial charge in [-0.05, 0) is 18.2 Å². The van der Waals surface area contributed by atoms with Crippen LogP contribution >= 0.6 is 11.8 Å². The summed E-state index contributed by atoms with van der Waals surface area (Å²) in [5.74, 6) is -1.34. The molecule has 0 aliphatic carbocycles. The standard InChI is InChI=1S/C13H11F3N2S/c14-13(15,16)12(17)18-8-6-11(7-9-18)19-10-4-2-1-3-5-10/h1-8,17H,9H2. The zero-order chi connectivity index (χ0) is 13.9. The van der Waals surface area contributed by atoms with Gasteiger partial charge in [0.05, 0.1) is 0 Å². The van der Waals surface area contributed by atoms with Crippen LogP contribution in [0.25, 0.3) is 0 Å². The van der Waals surface area contributed by atoms with E-state index in [4.69, 9.17) is 5.41 Å². The fraction of sp³-hybridized carbons (Fsp3) is 0.154. The SMILES string of the molecule is N=C(N1C=CC(Sc2ccccc2)=CC1)C(F)(F)F. The summed E-state index contributed by atoms with van der Waals surface area (Å²) in [7, 11) is 0. The van der Waals surface area contributed by atoms with E-state index in [1.165, 1.54) is 18.0 Å². The van der Waals surface area contributed by atoms with Crippen LogP contribution in [-0.4, -0.2) is 23.5 Å². The van der Waals surface area contributed by atoms with Crippen LogP contribution in [0.3, 0.4) is 0 Å². The summed E-state index contributed by atoms with van der Waals surface area (Å²) >= 11 is 1.48. The third-order valence-corrected chi connectivity index (χ3v) is 3.49. The molecule has 0 spiro atoms. The summed E-state index contributed by atoms with van der Waals surface area (Å²) in [6.45, 7) is 0.0595. The van der Waals surface area contributed by atoms with E-state index in [0.717, 1.165) is 14.7 Å². The second kappa shape index (κ2) is 5.52. The average molecular weight is 284 g/mol. The number of hydrogen-bond donors (Lipinski definition) is 1. The number of nitrogens with one attached hydrogen (secondary N) is 1. The third kappa shape index (κ3) is 3.64. The lowest BCUT2D eigenvalue weighted by atomic mass is 10.3. The first kappa shape index (κ1) is 13.7. The van der Waals surface area contributed by atoms with Gasteiger partial charge in [0.2, 0.25) is 5.84 Å². The summed E-state index contributed by atoms with van der Waals surface area (Å²) in [5.41, 5.74) is 0. The highest BCUT2D eigenvalue weighted by Gasteiger charge is 2.37. The van der Waals surface area contributed by atoms with Crippen molar-refractivity contribution in [2.24, 2.45) is 0 Å². The molecule has 1 aromatic carbocycles. The lowest BCUT2D eigenvalue weighted by Crippen LogP contribution is -2.38. The molecule has 0 unspecified atom stereocenters. The molecule has 1 aliphatic heterocycles. The highest BCUT2D eigenvalue weighted by atomic mass is 32.2. The zero-order valence-corrected chi connectivity index (χ0v) is 10.6. The Balaban J connectivity index is 1.98. The molecular weight excluding hydrogens is 273 g/mol. The maximum Gasteiger partial charge on any atom is 0.449 e. The molecule has 6 heteroatoms. The molecule has 100 valence electrons. The van der Waals surface area contributed by atoms with Crippen molar-refractivity contribution in [3.63, 3.8) is 0 Å². The topological polar surface area (TPSA) is 27.1 Å². The number of hydrogen-bond acceptors (Lipinski definition) is 2. The van der Waals surface area contributed by atoms with E-state index in [1.54, 1.807) is 12.2 Å². The van der Waals surface area contributed by atoms with Gasteiger partial charge in [-0.15, -0.1) is 0 Å². The number of alkyl halides is 3. The minimum atomic E-state index is -4.61. The van der Waals surface area contributed by atoms with E-state index in [-0.39, 0.29) is 6.54 Å². The molecule has 0 bridgehead atoms. The number of benzene rings is 1. The van der Waals surface area contributed by atoms with Crippen LogP contribution in [0.5, 0.6) is 0 Å². The molecule has 0 saturated heterocycles. The van der Waals surface area contributed by atoms with Gasteiger partial charge in [-0.1, -0.05) is 36.0 Å². The second-order valence-corrected chi connectivity index (χ2v) is 4.98. The Bertz CT molecular complexity index is 520. The van der Waals surface area contributed by atoms with Crippen molar-refractivity contribution in [1.82, 2.24) is 4.90 Å². The zero-order valence-electron chi connectivity index (χ0n) is 9.82. The van der Waals surface area contributed by atoms with Gasteiger partial charge in [0.15, 0.2) is 0 Å². The van der Waals surface area contributed by atoms with Crippen molar-refractivity contribution in [2.75, 3.05) is 6.54 Å². The van der Waals surface area contributed by atoms with Crippen molar-refractivity contribution in [3.8, 4) is 0 Å². The third-order valence-electron chi connectivity index (χ3n) is 2.44. The first-order valence-corrected chi connectivity index (χ1v) is 6.32. The number of rotatable bonds is 2. The van der Waals surface area contributed by atoms with Crippen molar-refractivity contribution in [2.45, 2.75) is 11.1 Å². The van der Waals surface area contributed by atoms with Crippen LogP contribution in [0.1, 0.15) is 0 Å². The summed E-state index contributed by atoms with van der Waals surface area (Å²) < 4.78 is 37.1. The van der Waals surface area contributed by atoms with Gasteiger partial charge in [-0.25, -0.2) is 0 Å². The Labute approximate surface area is 113 Å².